The lowest BCUT2D eigenvalue weighted by Crippen LogP contribution is -2.00. The van der Waals surface area contributed by atoms with Gasteiger partial charge in [-0.3, -0.25) is 0 Å². The fourth-order valence-corrected chi connectivity index (χ4v) is 1.38. The van der Waals surface area contributed by atoms with Gasteiger partial charge in [0, 0.05) is 0 Å². The molecule has 0 atom stereocenters. The highest BCUT2D eigenvalue weighted by atomic mass is 19.2. The third-order valence-corrected chi connectivity index (χ3v) is 1.88. The molecule has 1 aromatic rings. The van der Waals surface area contributed by atoms with Crippen molar-refractivity contribution in [2.45, 2.75) is 27.2 Å². The van der Waals surface area contributed by atoms with E-state index in [2.05, 4.69) is 0 Å². The molecule has 0 saturated heterocycles. The highest BCUT2D eigenvalue weighted by molar-refractivity contribution is 5.25. The summed E-state index contributed by atoms with van der Waals surface area (Å²) in [6.45, 7) is 5.74. The second-order valence-electron chi connectivity index (χ2n) is 3.82. The van der Waals surface area contributed by atoms with Crippen LogP contribution < -0.4 is 0 Å². The Bertz CT molecular complexity index is 303. The summed E-state index contributed by atoms with van der Waals surface area (Å²) in [5.41, 5.74) is 1.25. The van der Waals surface area contributed by atoms with Crippen molar-refractivity contribution in [1.29, 1.82) is 0 Å². The molecule has 0 aliphatic heterocycles. The average Bonchev–Trinajstić information content (AvgIpc) is 1.98. The quantitative estimate of drug-likeness (QED) is 0.660. The second kappa shape index (κ2) is 3.86. The molecule has 0 aromatic heterocycles. The number of aryl methyl sites for hydroxylation is 1. The largest absolute Gasteiger partial charge is 0.204 e. The van der Waals surface area contributed by atoms with Gasteiger partial charge in [-0.05, 0) is 36.5 Å². The van der Waals surface area contributed by atoms with Gasteiger partial charge in [0.25, 0.3) is 0 Å². The van der Waals surface area contributed by atoms with Crippen molar-refractivity contribution in [3.63, 3.8) is 0 Å². The molecule has 72 valence electrons. The summed E-state index contributed by atoms with van der Waals surface area (Å²) in [6, 6.07) is 2.93. The van der Waals surface area contributed by atoms with Crippen LogP contribution in [0.25, 0.3) is 0 Å². The Kier molecular flexibility index (Phi) is 3.02. The van der Waals surface area contributed by atoms with Crippen LogP contribution in [0.2, 0.25) is 0 Å². The first-order valence-corrected chi connectivity index (χ1v) is 4.45. The summed E-state index contributed by atoms with van der Waals surface area (Å²) in [5.74, 6) is -1.09. The van der Waals surface area contributed by atoms with Crippen LogP contribution in [-0.4, -0.2) is 0 Å². The highest BCUT2D eigenvalue weighted by Crippen LogP contribution is 2.17. The fraction of sp³-hybridized carbons (Fsp3) is 0.455. The van der Waals surface area contributed by atoms with Crippen LogP contribution in [-0.2, 0) is 6.42 Å². The predicted octanol–water partition coefficient (Wildman–Crippen LogP) is 3.47. The van der Waals surface area contributed by atoms with E-state index < -0.39 is 11.6 Å². The van der Waals surface area contributed by atoms with E-state index in [0.717, 1.165) is 5.56 Å². The normalized spacial score (nSPS) is 10.9. The Hall–Kier alpha value is -0.920. The summed E-state index contributed by atoms with van der Waals surface area (Å²) in [6.07, 6.45) is 0.588. The highest BCUT2D eigenvalue weighted by Gasteiger charge is 2.10. The summed E-state index contributed by atoms with van der Waals surface area (Å²) < 4.78 is 26.1. The van der Waals surface area contributed by atoms with Gasteiger partial charge in [0.1, 0.15) is 0 Å². The predicted molar refractivity (Wildman–Crippen MR) is 49.6 cm³/mol. The van der Waals surface area contributed by atoms with Crippen LogP contribution >= 0.6 is 0 Å². The van der Waals surface area contributed by atoms with Crippen molar-refractivity contribution >= 4 is 0 Å². The van der Waals surface area contributed by atoms with Crippen LogP contribution in [0.15, 0.2) is 12.1 Å². The monoisotopic (exact) mass is 184 g/mol. The Morgan fingerprint density at radius 3 is 2.38 bits per heavy atom. The topological polar surface area (TPSA) is 0 Å². The molecule has 2 heteroatoms. The fourth-order valence-electron chi connectivity index (χ4n) is 1.38. The number of rotatable bonds is 2. The average molecular weight is 184 g/mol. The van der Waals surface area contributed by atoms with Gasteiger partial charge < -0.3 is 0 Å². The zero-order valence-corrected chi connectivity index (χ0v) is 8.20. The third kappa shape index (κ3) is 2.51. The molecular formula is C11H14F2. The van der Waals surface area contributed by atoms with Gasteiger partial charge >= 0.3 is 0 Å². The molecular weight excluding hydrogens is 170 g/mol. The molecule has 0 bridgehead atoms. The van der Waals surface area contributed by atoms with Gasteiger partial charge in [0.15, 0.2) is 11.6 Å². The molecule has 0 nitrogen and oxygen atoms in total. The number of benzene rings is 1. The summed E-state index contributed by atoms with van der Waals surface area (Å²) >= 11 is 0. The summed E-state index contributed by atoms with van der Waals surface area (Å²) in [4.78, 5) is 0. The Morgan fingerprint density at radius 2 is 1.85 bits per heavy atom. The smallest absolute Gasteiger partial charge is 0.162 e. The molecule has 0 fully saturated rings. The maximum Gasteiger partial charge on any atom is 0.162 e. The molecule has 0 aliphatic carbocycles. The van der Waals surface area contributed by atoms with Crippen LogP contribution in [0.3, 0.4) is 0 Å². The van der Waals surface area contributed by atoms with E-state index in [0.29, 0.717) is 17.9 Å². The zero-order valence-electron chi connectivity index (χ0n) is 8.20. The van der Waals surface area contributed by atoms with Crippen molar-refractivity contribution in [2.75, 3.05) is 0 Å². The van der Waals surface area contributed by atoms with E-state index >= 15 is 0 Å². The van der Waals surface area contributed by atoms with Crippen LogP contribution in [0.5, 0.6) is 0 Å². The van der Waals surface area contributed by atoms with Gasteiger partial charge in [-0.1, -0.05) is 19.9 Å². The summed E-state index contributed by atoms with van der Waals surface area (Å²) in [7, 11) is 0. The van der Waals surface area contributed by atoms with Crippen molar-refractivity contribution in [1.82, 2.24) is 0 Å². The maximum atomic E-state index is 13.2. The second-order valence-corrected chi connectivity index (χ2v) is 3.82. The minimum Gasteiger partial charge on any atom is -0.204 e. The van der Waals surface area contributed by atoms with E-state index in [4.69, 9.17) is 0 Å². The van der Waals surface area contributed by atoms with E-state index in [1.54, 1.807) is 13.0 Å². The maximum absolute atomic E-state index is 13.2. The molecule has 0 radical (unpaired) electrons. The van der Waals surface area contributed by atoms with Gasteiger partial charge in [0.2, 0.25) is 0 Å². The first-order chi connectivity index (χ1) is 6.00. The molecule has 0 unspecified atom stereocenters. The van der Waals surface area contributed by atoms with Gasteiger partial charge in [0.05, 0.1) is 0 Å². The number of halogens is 2. The van der Waals surface area contributed by atoms with Crippen molar-refractivity contribution in [3.8, 4) is 0 Å². The molecule has 0 spiro atoms. The van der Waals surface area contributed by atoms with E-state index in [1.807, 2.05) is 13.8 Å². The summed E-state index contributed by atoms with van der Waals surface area (Å²) in [5, 5.41) is 0. The van der Waals surface area contributed by atoms with E-state index in [1.165, 1.54) is 6.07 Å². The molecule has 0 N–H and O–H groups in total. The minimum atomic E-state index is -0.740. The van der Waals surface area contributed by atoms with Crippen LogP contribution in [0.4, 0.5) is 8.78 Å². The lowest BCUT2D eigenvalue weighted by atomic mass is 10.0. The van der Waals surface area contributed by atoms with E-state index in [9.17, 15) is 8.78 Å². The standard InChI is InChI=1S/C11H14F2/c1-7(2)4-9-5-8(3)6-10(12)11(9)13/h5-7H,4H2,1-3H3. The Balaban J connectivity index is 3.05. The van der Waals surface area contributed by atoms with Crippen molar-refractivity contribution < 1.29 is 8.78 Å². The van der Waals surface area contributed by atoms with Crippen molar-refractivity contribution in [2.24, 2.45) is 5.92 Å². The number of hydrogen-bond acceptors (Lipinski definition) is 0. The first kappa shape index (κ1) is 10.2. The minimum absolute atomic E-state index is 0.343. The molecule has 13 heavy (non-hydrogen) atoms. The molecule has 0 aliphatic rings. The van der Waals surface area contributed by atoms with Crippen molar-refractivity contribution in [3.05, 3.63) is 34.9 Å². The zero-order chi connectivity index (χ0) is 10.0. The van der Waals surface area contributed by atoms with E-state index in [-0.39, 0.29) is 0 Å². The van der Waals surface area contributed by atoms with Gasteiger partial charge in [-0.2, -0.15) is 0 Å². The van der Waals surface area contributed by atoms with Crippen LogP contribution in [0, 0.1) is 24.5 Å². The van der Waals surface area contributed by atoms with Crippen LogP contribution in [0.1, 0.15) is 25.0 Å². The van der Waals surface area contributed by atoms with Gasteiger partial charge in [-0.15, -0.1) is 0 Å². The van der Waals surface area contributed by atoms with Gasteiger partial charge in [-0.25, -0.2) is 8.78 Å². The third-order valence-electron chi connectivity index (χ3n) is 1.88. The Morgan fingerprint density at radius 1 is 1.23 bits per heavy atom. The first-order valence-electron chi connectivity index (χ1n) is 4.45. The Labute approximate surface area is 77.6 Å². The number of hydrogen-bond donors (Lipinski definition) is 0. The molecule has 1 rings (SSSR count). The molecule has 0 amide bonds. The molecule has 0 heterocycles. The molecule has 0 saturated carbocycles. The SMILES string of the molecule is Cc1cc(F)c(F)c(CC(C)C)c1. The molecule has 1 aromatic carbocycles. The lowest BCUT2D eigenvalue weighted by molar-refractivity contribution is 0.488. The lowest BCUT2D eigenvalue weighted by Gasteiger charge is -2.07.